The molecule has 1 aliphatic heterocycles. The van der Waals surface area contributed by atoms with Crippen molar-refractivity contribution in [1.29, 1.82) is 0 Å². The molecule has 0 saturated carbocycles. The zero-order valence-electron chi connectivity index (χ0n) is 14.3. The highest BCUT2D eigenvalue weighted by Gasteiger charge is 2.21. The monoisotopic (exact) mass is 369 g/mol. The number of aromatic nitrogens is 2. The van der Waals surface area contributed by atoms with Crippen molar-refractivity contribution in [2.24, 2.45) is 0 Å². The number of carbonyl (C=O) groups excluding carboxylic acids is 1. The number of nitrogens with one attached hydrogen (secondary N) is 2. The summed E-state index contributed by atoms with van der Waals surface area (Å²) in [5.74, 6) is 0.864. The zero-order chi connectivity index (χ0) is 17.9. The van der Waals surface area contributed by atoms with Gasteiger partial charge in [-0.15, -0.1) is 0 Å². The number of fused-ring (bicyclic) bond motifs is 1. The average Bonchev–Trinajstić information content (AvgIpc) is 2.90. The molecule has 3 aromatic rings. The number of imidazole rings is 1. The molecule has 0 atom stereocenters. The second-order valence-electron chi connectivity index (χ2n) is 6.35. The topological polar surface area (TPSA) is 64.3 Å². The highest BCUT2D eigenvalue weighted by molar-refractivity contribution is 6.30. The fraction of sp³-hybridized carbons (Fsp3) is 0.263. The van der Waals surface area contributed by atoms with E-state index in [0.29, 0.717) is 23.8 Å². The van der Waals surface area contributed by atoms with Gasteiger partial charge in [0.25, 0.3) is 0 Å². The van der Waals surface area contributed by atoms with E-state index < -0.39 is 0 Å². The van der Waals surface area contributed by atoms with Crippen molar-refractivity contribution in [2.45, 2.75) is 6.42 Å². The van der Waals surface area contributed by atoms with Gasteiger partial charge in [0, 0.05) is 36.9 Å². The van der Waals surface area contributed by atoms with Crippen molar-refractivity contribution in [3.63, 3.8) is 0 Å². The standard InChI is InChI=1S/C19H20ClN5O/c20-14-5-3-6-15(13-14)21-19(26)25-10-4-9-24(11-12-25)18-22-16-7-1-2-8-17(16)23-18/h1-3,5-8,13H,4,9-12H2,(H,21,26)(H,22,23). The summed E-state index contributed by atoms with van der Waals surface area (Å²) < 4.78 is 0. The molecule has 0 unspecified atom stereocenters. The normalized spacial score (nSPS) is 15.1. The van der Waals surface area contributed by atoms with Crippen molar-refractivity contribution in [3.05, 3.63) is 53.6 Å². The molecule has 6 nitrogen and oxygen atoms in total. The van der Waals surface area contributed by atoms with E-state index in [2.05, 4.69) is 20.2 Å². The Labute approximate surface area is 156 Å². The van der Waals surface area contributed by atoms with Gasteiger partial charge in [-0.25, -0.2) is 9.78 Å². The first-order valence-corrected chi connectivity index (χ1v) is 9.08. The number of nitrogens with zero attached hydrogens (tertiary/aromatic N) is 3. The number of rotatable bonds is 2. The lowest BCUT2D eigenvalue weighted by Crippen LogP contribution is -2.38. The van der Waals surface area contributed by atoms with Gasteiger partial charge in [-0.1, -0.05) is 29.8 Å². The Hall–Kier alpha value is -2.73. The van der Waals surface area contributed by atoms with Crippen LogP contribution in [0.4, 0.5) is 16.4 Å². The SMILES string of the molecule is O=C(Nc1cccc(Cl)c1)N1CCCN(c2nc3ccccc3[nH]2)CC1. The first kappa shape index (κ1) is 16.7. The van der Waals surface area contributed by atoms with Crippen LogP contribution >= 0.6 is 11.6 Å². The highest BCUT2D eigenvalue weighted by Crippen LogP contribution is 2.19. The number of carbonyl (C=O) groups is 1. The van der Waals surface area contributed by atoms with Gasteiger partial charge in [0.15, 0.2) is 0 Å². The molecule has 0 spiro atoms. The quantitative estimate of drug-likeness (QED) is 0.718. The number of H-pyrrole nitrogens is 1. The van der Waals surface area contributed by atoms with Crippen molar-refractivity contribution in [3.8, 4) is 0 Å². The Morgan fingerprint density at radius 2 is 1.96 bits per heavy atom. The van der Waals surface area contributed by atoms with E-state index in [-0.39, 0.29) is 6.03 Å². The maximum absolute atomic E-state index is 12.5. The molecule has 7 heteroatoms. The average molecular weight is 370 g/mol. The number of urea groups is 1. The van der Waals surface area contributed by atoms with Gasteiger partial charge in [-0.05, 0) is 36.8 Å². The molecule has 2 heterocycles. The largest absolute Gasteiger partial charge is 0.341 e. The Morgan fingerprint density at radius 3 is 2.81 bits per heavy atom. The predicted molar refractivity (Wildman–Crippen MR) is 105 cm³/mol. The number of anilines is 2. The molecular weight excluding hydrogens is 350 g/mol. The molecule has 1 aromatic heterocycles. The van der Waals surface area contributed by atoms with Crippen LogP contribution in [0.3, 0.4) is 0 Å². The summed E-state index contributed by atoms with van der Waals surface area (Å²) in [6, 6.07) is 15.1. The molecule has 2 aromatic carbocycles. The van der Waals surface area contributed by atoms with Crippen LogP contribution in [-0.4, -0.2) is 47.1 Å². The summed E-state index contributed by atoms with van der Waals surface area (Å²) in [6.07, 6.45) is 0.889. The Kier molecular flexibility index (Phi) is 4.67. The molecule has 134 valence electrons. The molecule has 2 amide bonds. The van der Waals surface area contributed by atoms with Crippen LogP contribution in [0.1, 0.15) is 6.42 Å². The minimum absolute atomic E-state index is 0.0984. The van der Waals surface area contributed by atoms with Crippen molar-refractivity contribution in [2.75, 3.05) is 36.4 Å². The summed E-state index contributed by atoms with van der Waals surface area (Å²) in [7, 11) is 0. The number of hydrogen-bond donors (Lipinski definition) is 2. The van der Waals surface area contributed by atoms with Gasteiger partial charge < -0.3 is 20.1 Å². The Bertz CT molecular complexity index is 892. The molecule has 0 aliphatic carbocycles. The lowest BCUT2D eigenvalue weighted by Gasteiger charge is -2.22. The van der Waals surface area contributed by atoms with Gasteiger partial charge in [-0.2, -0.15) is 0 Å². The molecule has 1 aliphatic rings. The second-order valence-corrected chi connectivity index (χ2v) is 6.78. The van der Waals surface area contributed by atoms with Crippen LogP contribution in [0.15, 0.2) is 48.5 Å². The maximum Gasteiger partial charge on any atom is 0.321 e. The smallest absolute Gasteiger partial charge is 0.321 e. The van der Waals surface area contributed by atoms with Gasteiger partial charge in [0.1, 0.15) is 0 Å². The lowest BCUT2D eigenvalue weighted by atomic mass is 10.3. The predicted octanol–water partition coefficient (Wildman–Crippen LogP) is 3.96. The summed E-state index contributed by atoms with van der Waals surface area (Å²) in [4.78, 5) is 24.6. The number of aromatic amines is 1. The van der Waals surface area contributed by atoms with Crippen LogP contribution < -0.4 is 10.2 Å². The number of amides is 2. The molecular formula is C19H20ClN5O. The summed E-state index contributed by atoms with van der Waals surface area (Å²) in [5, 5.41) is 3.52. The molecule has 4 rings (SSSR count). The van der Waals surface area contributed by atoms with Crippen molar-refractivity contribution >= 4 is 40.3 Å². The fourth-order valence-corrected chi connectivity index (χ4v) is 3.38. The van der Waals surface area contributed by atoms with E-state index >= 15 is 0 Å². The zero-order valence-corrected chi connectivity index (χ0v) is 15.0. The van der Waals surface area contributed by atoms with Crippen molar-refractivity contribution < 1.29 is 4.79 Å². The van der Waals surface area contributed by atoms with Crippen LogP contribution in [0.25, 0.3) is 11.0 Å². The second kappa shape index (κ2) is 7.25. The number of halogens is 1. The van der Waals surface area contributed by atoms with Gasteiger partial charge >= 0.3 is 6.03 Å². The van der Waals surface area contributed by atoms with Crippen LogP contribution in [0.5, 0.6) is 0 Å². The first-order valence-electron chi connectivity index (χ1n) is 8.70. The van der Waals surface area contributed by atoms with E-state index in [1.54, 1.807) is 12.1 Å². The van der Waals surface area contributed by atoms with Crippen LogP contribution in [0.2, 0.25) is 5.02 Å². The summed E-state index contributed by atoms with van der Waals surface area (Å²) >= 11 is 5.98. The van der Waals surface area contributed by atoms with Gasteiger partial charge in [0.05, 0.1) is 11.0 Å². The third-order valence-electron chi connectivity index (χ3n) is 4.54. The highest BCUT2D eigenvalue weighted by atomic mass is 35.5. The fourth-order valence-electron chi connectivity index (χ4n) is 3.19. The first-order chi connectivity index (χ1) is 12.7. The molecule has 26 heavy (non-hydrogen) atoms. The van der Waals surface area contributed by atoms with Gasteiger partial charge in [-0.3, -0.25) is 0 Å². The van der Waals surface area contributed by atoms with E-state index in [1.165, 1.54) is 0 Å². The van der Waals surface area contributed by atoms with E-state index in [4.69, 9.17) is 11.6 Å². The van der Waals surface area contributed by atoms with E-state index in [9.17, 15) is 4.79 Å². The van der Waals surface area contributed by atoms with Crippen molar-refractivity contribution in [1.82, 2.24) is 14.9 Å². The van der Waals surface area contributed by atoms with Crippen LogP contribution in [-0.2, 0) is 0 Å². The number of hydrogen-bond acceptors (Lipinski definition) is 3. The van der Waals surface area contributed by atoms with Gasteiger partial charge in [0.2, 0.25) is 5.95 Å². The van der Waals surface area contributed by atoms with E-state index in [0.717, 1.165) is 36.5 Å². The minimum Gasteiger partial charge on any atom is -0.341 e. The lowest BCUT2D eigenvalue weighted by molar-refractivity contribution is 0.215. The Balaban J connectivity index is 1.42. The Morgan fingerprint density at radius 1 is 1.08 bits per heavy atom. The molecule has 1 saturated heterocycles. The van der Waals surface area contributed by atoms with Crippen LogP contribution in [0, 0.1) is 0 Å². The maximum atomic E-state index is 12.5. The number of para-hydroxylation sites is 2. The molecule has 0 bridgehead atoms. The summed E-state index contributed by atoms with van der Waals surface area (Å²) in [5.41, 5.74) is 2.70. The summed E-state index contributed by atoms with van der Waals surface area (Å²) in [6.45, 7) is 2.95. The molecule has 2 N–H and O–H groups in total. The third-order valence-corrected chi connectivity index (χ3v) is 4.77. The molecule has 0 radical (unpaired) electrons. The number of benzene rings is 2. The van der Waals surface area contributed by atoms with E-state index in [1.807, 2.05) is 41.3 Å². The molecule has 1 fully saturated rings. The minimum atomic E-state index is -0.0984. The third kappa shape index (κ3) is 3.60.